The van der Waals surface area contributed by atoms with Crippen LogP contribution in [0.1, 0.15) is 16.1 Å². The van der Waals surface area contributed by atoms with Crippen molar-refractivity contribution in [3.8, 4) is 17.4 Å². The van der Waals surface area contributed by atoms with Crippen LogP contribution in [0.5, 0.6) is 0 Å². The number of hydrogen-bond acceptors (Lipinski definition) is 4. The second kappa shape index (κ2) is 6.16. The van der Waals surface area contributed by atoms with Gasteiger partial charge in [-0.15, -0.1) is 0 Å². The van der Waals surface area contributed by atoms with Gasteiger partial charge in [-0.2, -0.15) is 5.26 Å². The van der Waals surface area contributed by atoms with E-state index in [0.717, 1.165) is 0 Å². The predicted octanol–water partition coefficient (Wildman–Crippen LogP) is 2.69. The van der Waals surface area contributed by atoms with Crippen molar-refractivity contribution < 1.29 is 19.1 Å². The van der Waals surface area contributed by atoms with Gasteiger partial charge in [-0.3, -0.25) is 4.79 Å². The van der Waals surface area contributed by atoms with Gasteiger partial charge in [0.25, 0.3) is 5.91 Å². The normalized spacial score (nSPS) is 11.0. The minimum atomic E-state index is -1.13. The van der Waals surface area contributed by atoms with Crippen molar-refractivity contribution in [1.82, 2.24) is 0 Å². The molecule has 0 aliphatic rings. The van der Waals surface area contributed by atoms with Crippen LogP contribution in [0.3, 0.4) is 0 Å². The Morgan fingerprint density at radius 3 is 2.59 bits per heavy atom. The smallest absolute Gasteiger partial charge is 0.337 e. The van der Waals surface area contributed by atoms with E-state index < -0.39 is 11.9 Å². The SMILES string of the molecule is N#C/C(=C\c1ccc(-c2ccc(C(=O)O)c(Cl)c2)o1)C(N)=O. The fraction of sp³-hybridized carbons (Fsp3) is 0. The molecule has 2 aromatic rings. The van der Waals surface area contributed by atoms with Crippen molar-refractivity contribution in [3.05, 3.63) is 52.3 Å². The summed E-state index contributed by atoms with van der Waals surface area (Å²) in [5, 5.41) is 17.8. The van der Waals surface area contributed by atoms with E-state index in [9.17, 15) is 9.59 Å². The number of carboxylic acids is 1. The number of primary amides is 1. The van der Waals surface area contributed by atoms with E-state index in [-0.39, 0.29) is 21.9 Å². The summed E-state index contributed by atoms with van der Waals surface area (Å²) >= 11 is 5.89. The van der Waals surface area contributed by atoms with Crippen LogP contribution in [-0.4, -0.2) is 17.0 Å². The van der Waals surface area contributed by atoms with Gasteiger partial charge in [0.05, 0.1) is 10.6 Å². The summed E-state index contributed by atoms with van der Waals surface area (Å²) < 4.78 is 5.47. The minimum Gasteiger partial charge on any atom is -0.478 e. The molecular formula is C15H9ClN2O4. The number of nitrogens with zero attached hydrogens (tertiary/aromatic N) is 1. The zero-order chi connectivity index (χ0) is 16.3. The molecular weight excluding hydrogens is 308 g/mol. The van der Waals surface area contributed by atoms with E-state index in [0.29, 0.717) is 11.3 Å². The Hall–Kier alpha value is -3.04. The molecule has 0 saturated carbocycles. The molecule has 1 amide bonds. The van der Waals surface area contributed by atoms with Gasteiger partial charge in [-0.1, -0.05) is 17.7 Å². The summed E-state index contributed by atoms with van der Waals surface area (Å²) in [7, 11) is 0. The molecule has 0 atom stereocenters. The molecule has 1 aromatic carbocycles. The Labute approximate surface area is 130 Å². The van der Waals surface area contributed by atoms with Gasteiger partial charge < -0.3 is 15.3 Å². The first-order valence-corrected chi connectivity index (χ1v) is 6.35. The molecule has 110 valence electrons. The largest absolute Gasteiger partial charge is 0.478 e. The van der Waals surface area contributed by atoms with Crippen molar-refractivity contribution >= 4 is 29.6 Å². The molecule has 0 fully saturated rings. The van der Waals surface area contributed by atoms with Gasteiger partial charge in [0.1, 0.15) is 23.2 Å². The number of carboxylic acid groups (broad SMARTS) is 1. The number of rotatable bonds is 4. The number of aromatic carboxylic acids is 1. The summed E-state index contributed by atoms with van der Waals surface area (Å²) in [6.45, 7) is 0. The van der Waals surface area contributed by atoms with Crippen LogP contribution in [0.25, 0.3) is 17.4 Å². The molecule has 0 spiro atoms. The number of benzene rings is 1. The number of hydrogen-bond donors (Lipinski definition) is 2. The summed E-state index contributed by atoms with van der Waals surface area (Å²) in [4.78, 5) is 21.9. The molecule has 0 radical (unpaired) electrons. The summed E-state index contributed by atoms with van der Waals surface area (Å²) in [6, 6.07) is 9.18. The monoisotopic (exact) mass is 316 g/mol. The lowest BCUT2D eigenvalue weighted by Crippen LogP contribution is -2.12. The molecule has 0 unspecified atom stereocenters. The number of carbonyl (C=O) groups excluding carboxylic acids is 1. The number of amides is 1. The maximum atomic E-state index is 11.0. The lowest BCUT2D eigenvalue weighted by molar-refractivity contribution is -0.114. The number of furan rings is 1. The quantitative estimate of drug-likeness (QED) is 0.664. The first-order valence-electron chi connectivity index (χ1n) is 5.97. The second-order valence-corrected chi connectivity index (χ2v) is 4.64. The van der Waals surface area contributed by atoms with Crippen LogP contribution < -0.4 is 5.73 Å². The van der Waals surface area contributed by atoms with Crippen LogP contribution in [-0.2, 0) is 4.79 Å². The molecule has 0 aliphatic carbocycles. The highest BCUT2D eigenvalue weighted by Gasteiger charge is 2.12. The van der Waals surface area contributed by atoms with Gasteiger partial charge >= 0.3 is 5.97 Å². The molecule has 0 saturated heterocycles. The highest BCUT2D eigenvalue weighted by molar-refractivity contribution is 6.33. The second-order valence-electron chi connectivity index (χ2n) is 4.24. The van der Waals surface area contributed by atoms with Gasteiger partial charge in [-0.05, 0) is 24.3 Å². The third-order valence-corrected chi connectivity index (χ3v) is 3.10. The van der Waals surface area contributed by atoms with Crippen LogP contribution in [0.15, 0.2) is 40.3 Å². The van der Waals surface area contributed by atoms with Crippen molar-refractivity contribution in [3.63, 3.8) is 0 Å². The highest BCUT2D eigenvalue weighted by Crippen LogP contribution is 2.28. The molecule has 0 aliphatic heterocycles. The topological polar surface area (TPSA) is 117 Å². The minimum absolute atomic E-state index is 0.0161. The van der Waals surface area contributed by atoms with E-state index in [1.54, 1.807) is 24.3 Å². The van der Waals surface area contributed by atoms with Crippen molar-refractivity contribution in [2.24, 2.45) is 5.73 Å². The number of carbonyl (C=O) groups is 2. The average molecular weight is 317 g/mol. The summed E-state index contributed by atoms with van der Waals surface area (Å²) in [6.07, 6.45) is 1.22. The maximum absolute atomic E-state index is 11.0. The first kappa shape index (κ1) is 15.4. The lowest BCUT2D eigenvalue weighted by Gasteiger charge is -2.01. The molecule has 1 aromatic heterocycles. The average Bonchev–Trinajstić information content (AvgIpc) is 2.92. The molecule has 3 N–H and O–H groups in total. The highest BCUT2D eigenvalue weighted by atomic mass is 35.5. The third-order valence-electron chi connectivity index (χ3n) is 2.78. The summed E-state index contributed by atoms with van der Waals surface area (Å²) in [5.74, 6) is -1.30. The number of halogens is 1. The van der Waals surface area contributed by atoms with Crippen LogP contribution >= 0.6 is 11.6 Å². The standard InChI is InChI=1S/C15H9ClN2O4/c16-12-6-8(1-3-11(12)15(20)21)13-4-2-10(22-13)5-9(7-17)14(18)19/h1-6H,(H2,18,19)(H,20,21)/b9-5+. The zero-order valence-electron chi connectivity index (χ0n) is 11.0. The molecule has 6 nitrogen and oxygen atoms in total. The Morgan fingerprint density at radius 2 is 2.05 bits per heavy atom. The third kappa shape index (κ3) is 3.16. The van der Waals surface area contributed by atoms with Gasteiger partial charge in [-0.25, -0.2) is 4.79 Å². The van der Waals surface area contributed by atoms with E-state index in [1.165, 1.54) is 18.2 Å². The van der Waals surface area contributed by atoms with Crippen molar-refractivity contribution in [2.75, 3.05) is 0 Å². The maximum Gasteiger partial charge on any atom is 0.337 e. The van der Waals surface area contributed by atoms with Crippen molar-refractivity contribution in [1.29, 1.82) is 5.26 Å². The zero-order valence-corrected chi connectivity index (χ0v) is 11.8. The fourth-order valence-electron chi connectivity index (χ4n) is 1.73. The van der Waals surface area contributed by atoms with E-state index in [2.05, 4.69) is 0 Å². The Morgan fingerprint density at radius 1 is 1.32 bits per heavy atom. The summed E-state index contributed by atoms with van der Waals surface area (Å²) in [5.41, 5.74) is 5.34. The van der Waals surface area contributed by atoms with E-state index in [1.807, 2.05) is 0 Å². The van der Waals surface area contributed by atoms with Gasteiger partial charge in [0.15, 0.2) is 0 Å². The van der Waals surface area contributed by atoms with Crippen molar-refractivity contribution in [2.45, 2.75) is 0 Å². The van der Waals surface area contributed by atoms with Crippen LogP contribution in [0, 0.1) is 11.3 Å². The molecule has 2 rings (SSSR count). The Kier molecular flexibility index (Phi) is 4.30. The number of nitriles is 1. The Balaban J connectivity index is 2.37. The number of nitrogens with two attached hydrogens (primary N) is 1. The fourth-order valence-corrected chi connectivity index (χ4v) is 1.99. The lowest BCUT2D eigenvalue weighted by atomic mass is 10.1. The molecule has 0 bridgehead atoms. The Bertz CT molecular complexity index is 830. The van der Waals surface area contributed by atoms with E-state index >= 15 is 0 Å². The van der Waals surface area contributed by atoms with Gasteiger partial charge in [0.2, 0.25) is 0 Å². The molecule has 7 heteroatoms. The van der Waals surface area contributed by atoms with Crippen LogP contribution in [0.4, 0.5) is 0 Å². The molecule has 22 heavy (non-hydrogen) atoms. The van der Waals surface area contributed by atoms with Gasteiger partial charge in [0, 0.05) is 11.6 Å². The van der Waals surface area contributed by atoms with Crippen LogP contribution in [0.2, 0.25) is 5.02 Å². The van der Waals surface area contributed by atoms with E-state index in [4.69, 9.17) is 32.1 Å². The molecule has 1 heterocycles. The predicted molar refractivity (Wildman–Crippen MR) is 78.9 cm³/mol. The first-order chi connectivity index (χ1) is 10.4.